The van der Waals surface area contributed by atoms with Crippen LogP contribution in [0.4, 0.5) is 5.00 Å². The number of carbonyl (C=O) groups is 4. The SMILES string of the molecule is CCOC(=O)c1sc(NC(=O)COC(=O)c2oc3ccc(Br)cc3c2C)c(C(=O)OCC)c1C. The van der Waals surface area contributed by atoms with Gasteiger partial charge in [-0.3, -0.25) is 4.79 Å². The van der Waals surface area contributed by atoms with Crippen LogP contribution in [0.15, 0.2) is 27.1 Å². The minimum atomic E-state index is -0.805. The fraction of sp³-hybridized carbons (Fsp3) is 0.304. The number of hydrogen-bond acceptors (Lipinski definition) is 9. The number of carbonyl (C=O) groups excluding carboxylic acids is 4. The van der Waals surface area contributed by atoms with E-state index in [1.54, 1.807) is 39.8 Å². The number of hydrogen-bond donors (Lipinski definition) is 1. The number of furan rings is 1. The van der Waals surface area contributed by atoms with Crippen LogP contribution in [0, 0.1) is 13.8 Å². The van der Waals surface area contributed by atoms with Crippen molar-refractivity contribution in [2.45, 2.75) is 27.7 Å². The van der Waals surface area contributed by atoms with Gasteiger partial charge in [0.25, 0.3) is 5.91 Å². The Morgan fingerprint density at radius 2 is 1.65 bits per heavy atom. The molecule has 0 aliphatic heterocycles. The third kappa shape index (κ3) is 5.31. The van der Waals surface area contributed by atoms with E-state index in [1.807, 2.05) is 6.07 Å². The summed E-state index contributed by atoms with van der Waals surface area (Å²) >= 11 is 4.26. The Bertz CT molecular complexity index is 1280. The Hall–Kier alpha value is -3.18. The van der Waals surface area contributed by atoms with E-state index in [0.29, 0.717) is 16.7 Å². The number of ether oxygens (including phenoxy) is 3. The molecule has 0 fully saturated rings. The standard InChI is InChI=1S/C23H22BrNO8S/c1-5-30-21(27)17-12(4)19(23(29)31-6-2)34-20(17)25-16(26)10-32-22(28)18-11(3)14-9-13(24)7-8-15(14)33-18/h7-9H,5-6,10H2,1-4H3,(H,25,26). The molecule has 1 aromatic carbocycles. The van der Waals surface area contributed by atoms with Gasteiger partial charge in [0.2, 0.25) is 5.76 Å². The quantitative estimate of drug-likeness (QED) is 0.306. The smallest absolute Gasteiger partial charge is 0.375 e. The first-order chi connectivity index (χ1) is 16.2. The molecular weight excluding hydrogens is 530 g/mol. The second kappa shape index (κ2) is 10.8. The highest BCUT2D eigenvalue weighted by molar-refractivity contribution is 9.10. The molecule has 0 saturated heterocycles. The zero-order valence-corrected chi connectivity index (χ0v) is 21.3. The first-order valence-electron chi connectivity index (χ1n) is 10.3. The molecule has 0 aliphatic rings. The Morgan fingerprint density at radius 3 is 2.32 bits per heavy atom. The molecule has 0 unspecified atom stereocenters. The van der Waals surface area contributed by atoms with Gasteiger partial charge in [0, 0.05) is 15.4 Å². The van der Waals surface area contributed by atoms with E-state index in [0.717, 1.165) is 21.2 Å². The van der Waals surface area contributed by atoms with Crippen molar-refractivity contribution in [2.75, 3.05) is 25.1 Å². The van der Waals surface area contributed by atoms with Crippen molar-refractivity contribution in [3.8, 4) is 0 Å². The monoisotopic (exact) mass is 551 g/mol. The molecule has 180 valence electrons. The van der Waals surface area contributed by atoms with E-state index in [1.165, 1.54) is 0 Å². The van der Waals surface area contributed by atoms with Crippen LogP contribution >= 0.6 is 27.3 Å². The van der Waals surface area contributed by atoms with Gasteiger partial charge in [-0.2, -0.15) is 0 Å². The fourth-order valence-electron chi connectivity index (χ4n) is 3.19. The molecule has 1 amide bonds. The molecule has 0 aliphatic carbocycles. The number of aryl methyl sites for hydroxylation is 1. The van der Waals surface area contributed by atoms with Crippen LogP contribution in [-0.4, -0.2) is 43.6 Å². The number of fused-ring (bicyclic) bond motifs is 1. The van der Waals surface area contributed by atoms with E-state index in [2.05, 4.69) is 21.2 Å². The lowest BCUT2D eigenvalue weighted by Crippen LogP contribution is -2.22. The van der Waals surface area contributed by atoms with Gasteiger partial charge in [0.1, 0.15) is 15.5 Å². The Balaban J connectivity index is 1.76. The van der Waals surface area contributed by atoms with Crippen molar-refractivity contribution in [3.05, 3.63) is 50.0 Å². The summed E-state index contributed by atoms with van der Waals surface area (Å²) in [4.78, 5) is 49.9. The Morgan fingerprint density at radius 1 is 0.971 bits per heavy atom. The van der Waals surface area contributed by atoms with Crippen LogP contribution in [0.25, 0.3) is 11.0 Å². The average Bonchev–Trinajstić information content (AvgIpc) is 3.29. The van der Waals surface area contributed by atoms with Gasteiger partial charge in [0.05, 0.1) is 18.8 Å². The minimum absolute atomic E-state index is 0.00956. The van der Waals surface area contributed by atoms with Crippen LogP contribution in [0.5, 0.6) is 0 Å². The van der Waals surface area contributed by atoms with Crippen molar-refractivity contribution in [1.82, 2.24) is 0 Å². The highest BCUT2D eigenvalue weighted by Crippen LogP contribution is 2.34. The molecule has 34 heavy (non-hydrogen) atoms. The first-order valence-corrected chi connectivity index (χ1v) is 11.9. The maximum atomic E-state index is 12.5. The maximum absolute atomic E-state index is 12.5. The Labute approximate surface area is 207 Å². The summed E-state index contributed by atoms with van der Waals surface area (Å²) in [6.07, 6.45) is 0. The number of benzene rings is 1. The molecule has 0 saturated carbocycles. The predicted molar refractivity (Wildman–Crippen MR) is 129 cm³/mol. The molecular formula is C23H22BrNO8S. The molecule has 2 heterocycles. The van der Waals surface area contributed by atoms with E-state index in [4.69, 9.17) is 18.6 Å². The van der Waals surface area contributed by atoms with Gasteiger partial charge in [-0.15, -0.1) is 11.3 Å². The van der Waals surface area contributed by atoms with Crippen molar-refractivity contribution < 1.29 is 37.8 Å². The lowest BCUT2D eigenvalue weighted by Gasteiger charge is -2.07. The van der Waals surface area contributed by atoms with Gasteiger partial charge in [-0.25, -0.2) is 14.4 Å². The zero-order valence-electron chi connectivity index (χ0n) is 18.9. The third-order valence-electron chi connectivity index (χ3n) is 4.76. The number of thiophene rings is 1. The second-order valence-corrected chi connectivity index (χ2v) is 8.96. The third-order valence-corrected chi connectivity index (χ3v) is 6.44. The molecule has 0 spiro atoms. The number of esters is 3. The summed E-state index contributed by atoms with van der Waals surface area (Å²) in [5.41, 5.74) is 1.47. The molecule has 0 radical (unpaired) electrons. The molecule has 3 rings (SSSR count). The minimum Gasteiger partial charge on any atom is -0.462 e. The second-order valence-electron chi connectivity index (χ2n) is 7.02. The summed E-state index contributed by atoms with van der Waals surface area (Å²) in [5, 5.41) is 3.36. The van der Waals surface area contributed by atoms with Gasteiger partial charge in [-0.1, -0.05) is 15.9 Å². The summed E-state index contributed by atoms with van der Waals surface area (Å²) in [5.74, 6) is -2.82. The molecule has 0 bridgehead atoms. The lowest BCUT2D eigenvalue weighted by atomic mass is 10.1. The van der Waals surface area contributed by atoms with Crippen LogP contribution in [-0.2, 0) is 19.0 Å². The molecule has 0 atom stereocenters. The van der Waals surface area contributed by atoms with E-state index >= 15 is 0 Å². The van der Waals surface area contributed by atoms with Crippen LogP contribution < -0.4 is 5.32 Å². The summed E-state index contributed by atoms with van der Waals surface area (Å²) in [6.45, 7) is 6.21. The lowest BCUT2D eigenvalue weighted by molar-refractivity contribution is -0.119. The number of halogens is 1. The highest BCUT2D eigenvalue weighted by Gasteiger charge is 2.28. The normalized spacial score (nSPS) is 10.7. The molecule has 2 aromatic heterocycles. The van der Waals surface area contributed by atoms with Crippen molar-refractivity contribution >= 4 is 67.1 Å². The predicted octanol–water partition coefficient (Wildman–Crippen LogP) is 5.02. The molecule has 3 aromatic rings. The van der Waals surface area contributed by atoms with Crippen LogP contribution in [0.1, 0.15) is 55.6 Å². The topological polar surface area (TPSA) is 121 Å². The highest BCUT2D eigenvalue weighted by atomic mass is 79.9. The maximum Gasteiger partial charge on any atom is 0.375 e. The molecule has 9 nitrogen and oxygen atoms in total. The number of nitrogens with one attached hydrogen (secondary N) is 1. The molecule has 1 N–H and O–H groups in total. The summed E-state index contributed by atoms with van der Waals surface area (Å²) in [6, 6.07) is 5.31. The van der Waals surface area contributed by atoms with Crippen molar-refractivity contribution in [1.29, 1.82) is 0 Å². The molecule has 11 heteroatoms. The van der Waals surface area contributed by atoms with E-state index in [9.17, 15) is 19.2 Å². The average molecular weight is 552 g/mol. The van der Waals surface area contributed by atoms with E-state index < -0.39 is 30.4 Å². The van der Waals surface area contributed by atoms with Crippen molar-refractivity contribution in [2.24, 2.45) is 0 Å². The van der Waals surface area contributed by atoms with Gasteiger partial charge >= 0.3 is 17.9 Å². The fourth-order valence-corrected chi connectivity index (χ4v) is 4.66. The summed E-state index contributed by atoms with van der Waals surface area (Å²) < 4.78 is 21.6. The number of amides is 1. The largest absolute Gasteiger partial charge is 0.462 e. The number of anilines is 1. The van der Waals surface area contributed by atoms with Gasteiger partial charge in [0.15, 0.2) is 6.61 Å². The Kier molecular flexibility index (Phi) is 8.11. The van der Waals surface area contributed by atoms with Crippen molar-refractivity contribution in [3.63, 3.8) is 0 Å². The van der Waals surface area contributed by atoms with Crippen LogP contribution in [0.3, 0.4) is 0 Å². The van der Waals surface area contributed by atoms with Gasteiger partial charge in [-0.05, 0) is 51.5 Å². The first kappa shape index (κ1) is 25.4. The van der Waals surface area contributed by atoms with Gasteiger partial charge < -0.3 is 23.9 Å². The zero-order chi connectivity index (χ0) is 25.0. The van der Waals surface area contributed by atoms with E-state index in [-0.39, 0.29) is 34.4 Å². The number of rotatable bonds is 8. The van der Waals surface area contributed by atoms with Crippen LogP contribution in [0.2, 0.25) is 0 Å². The summed E-state index contributed by atoms with van der Waals surface area (Å²) in [7, 11) is 0.